The summed E-state index contributed by atoms with van der Waals surface area (Å²) >= 11 is 1.29. The first-order valence-electron chi connectivity index (χ1n) is 11.4. The number of amides is 1. The van der Waals surface area contributed by atoms with Gasteiger partial charge in [0.25, 0.3) is 0 Å². The predicted octanol–water partition coefficient (Wildman–Crippen LogP) is 3.75. The van der Waals surface area contributed by atoms with Gasteiger partial charge in [0.15, 0.2) is 0 Å². The number of nitrogens with one attached hydrogen (secondary N) is 1. The van der Waals surface area contributed by atoms with E-state index in [2.05, 4.69) is 39.2 Å². The van der Waals surface area contributed by atoms with Crippen LogP contribution in [0.2, 0.25) is 18.1 Å². The molecule has 0 aliphatic carbocycles. The van der Waals surface area contributed by atoms with Crippen molar-refractivity contribution in [1.82, 2.24) is 5.32 Å². The van der Waals surface area contributed by atoms with Crippen molar-refractivity contribution in [3.05, 3.63) is 22.8 Å². The minimum atomic E-state index is -2.32. The number of aliphatic hydroxyl groups is 1. The molecule has 0 aliphatic rings. The lowest BCUT2D eigenvalue weighted by Crippen LogP contribution is -2.44. The van der Waals surface area contributed by atoms with Crippen molar-refractivity contribution in [3.63, 3.8) is 0 Å². The molecule has 35 heavy (non-hydrogen) atoms. The number of ether oxygens (including phenoxy) is 2. The van der Waals surface area contributed by atoms with Gasteiger partial charge in [0, 0.05) is 41.7 Å². The molecule has 1 aromatic rings. The van der Waals surface area contributed by atoms with E-state index in [1.165, 1.54) is 26.0 Å². The second-order valence-electron chi connectivity index (χ2n) is 9.71. The first-order valence-corrected chi connectivity index (χ1v) is 15.4. The Morgan fingerprint density at radius 2 is 1.80 bits per heavy atom. The zero-order chi connectivity index (χ0) is 27.0. The van der Waals surface area contributed by atoms with E-state index in [1.54, 1.807) is 13.0 Å². The number of esters is 1. The lowest BCUT2D eigenvalue weighted by Gasteiger charge is -2.37. The van der Waals surface area contributed by atoms with Crippen molar-refractivity contribution < 1.29 is 38.5 Å². The number of aliphatic hydroxyl groups excluding tert-OH is 1. The molecule has 0 aromatic heterocycles. The van der Waals surface area contributed by atoms with E-state index in [9.17, 15) is 19.5 Å². The van der Waals surface area contributed by atoms with Gasteiger partial charge in [0.2, 0.25) is 14.2 Å². The van der Waals surface area contributed by atoms with Crippen LogP contribution in [0.4, 0.5) is 0 Å². The minimum absolute atomic E-state index is 0.0833. The van der Waals surface area contributed by atoms with Crippen LogP contribution >= 0.6 is 11.8 Å². The molecule has 1 amide bonds. The third kappa shape index (κ3) is 8.43. The fourth-order valence-electron chi connectivity index (χ4n) is 3.05. The van der Waals surface area contributed by atoms with Crippen LogP contribution in [0.25, 0.3) is 0 Å². The first-order chi connectivity index (χ1) is 16.2. The van der Waals surface area contributed by atoms with Crippen LogP contribution in [0, 0.1) is 6.92 Å². The molecule has 0 saturated heterocycles. The number of carbonyl (C=O) groups excluding carboxylic acids is 2. The number of hydrogen-bond donors (Lipinski definition) is 3. The highest BCUT2D eigenvalue weighted by Crippen LogP contribution is 2.42. The van der Waals surface area contributed by atoms with Gasteiger partial charge in [0.1, 0.15) is 17.5 Å². The molecule has 0 radical (unpaired) electrons. The van der Waals surface area contributed by atoms with Gasteiger partial charge >= 0.3 is 11.9 Å². The predicted molar refractivity (Wildman–Crippen MR) is 139 cm³/mol. The summed E-state index contributed by atoms with van der Waals surface area (Å²) in [5.74, 6) is -0.796. The Bertz CT molecular complexity index is 914. The van der Waals surface area contributed by atoms with Gasteiger partial charge < -0.3 is 29.4 Å². The third-order valence-electron chi connectivity index (χ3n) is 6.12. The number of rotatable bonds is 13. The second-order valence-corrected chi connectivity index (χ2v) is 15.5. The molecule has 1 aromatic carbocycles. The van der Waals surface area contributed by atoms with E-state index in [-0.39, 0.29) is 47.5 Å². The first kappa shape index (κ1) is 30.8. The van der Waals surface area contributed by atoms with Gasteiger partial charge in [-0.05, 0) is 31.5 Å². The van der Waals surface area contributed by atoms with Crippen LogP contribution in [-0.4, -0.2) is 69.0 Å². The van der Waals surface area contributed by atoms with Gasteiger partial charge in [-0.2, -0.15) is 11.8 Å². The summed E-state index contributed by atoms with van der Waals surface area (Å²) in [5, 5.41) is 21.4. The molecule has 0 fully saturated rings. The van der Waals surface area contributed by atoms with E-state index in [1.807, 2.05) is 0 Å². The summed E-state index contributed by atoms with van der Waals surface area (Å²) in [6.07, 6.45) is 0.369. The lowest BCUT2D eigenvalue weighted by atomic mass is 10.0. The van der Waals surface area contributed by atoms with Crippen LogP contribution in [0.1, 0.15) is 55.1 Å². The number of aromatic carboxylic acids is 1. The highest BCUT2D eigenvalue weighted by molar-refractivity contribution is 7.98. The number of carboxylic acid groups (broad SMARTS) is 1. The monoisotopic (exact) mass is 529 g/mol. The molecule has 198 valence electrons. The lowest BCUT2D eigenvalue weighted by molar-refractivity contribution is -0.144. The number of hydrogen-bond acceptors (Lipinski definition) is 8. The normalized spacial score (nSPS) is 12.6. The van der Waals surface area contributed by atoms with Crippen LogP contribution in [-0.2, 0) is 20.1 Å². The molecule has 1 atom stereocenters. The molecule has 0 spiro atoms. The molecule has 11 heteroatoms. The summed E-state index contributed by atoms with van der Waals surface area (Å²) in [4.78, 5) is 36.6. The van der Waals surface area contributed by atoms with Crippen molar-refractivity contribution in [2.75, 3.05) is 26.6 Å². The van der Waals surface area contributed by atoms with Gasteiger partial charge in [-0.1, -0.05) is 20.8 Å². The SMILES string of the molecule is COC(=O)C(CSCc1c(O[Si](C)(C)C(C)(C)C)cc(OC)c(C)c1C(=O)O)NC(=O)CCCO. The average molecular weight is 530 g/mol. The number of thioether (sulfide) groups is 1. The molecule has 0 bridgehead atoms. The summed E-state index contributed by atoms with van der Waals surface area (Å²) in [6.45, 7) is 12.0. The topological polar surface area (TPSA) is 131 Å². The minimum Gasteiger partial charge on any atom is -0.543 e. The maximum atomic E-state index is 12.3. The average Bonchev–Trinajstić information content (AvgIpc) is 2.76. The van der Waals surface area contributed by atoms with Crippen LogP contribution < -0.4 is 14.5 Å². The second kappa shape index (κ2) is 13.2. The van der Waals surface area contributed by atoms with Crippen LogP contribution in [0.15, 0.2) is 6.07 Å². The molecule has 0 saturated carbocycles. The Balaban J connectivity index is 3.31. The molecule has 1 rings (SSSR count). The largest absolute Gasteiger partial charge is 0.543 e. The van der Waals surface area contributed by atoms with Crippen molar-refractivity contribution in [2.45, 2.75) is 70.5 Å². The summed E-state index contributed by atoms with van der Waals surface area (Å²) in [7, 11) is 0.405. The van der Waals surface area contributed by atoms with E-state index < -0.39 is 26.3 Å². The Morgan fingerprint density at radius 1 is 1.17 bits per heavy atom. The maximum absolute atomic E-state index is 12.3. The van der Waals surface area contributed by atoms with Gasteiger partial charge in [-0.15, -0.1) is 0 Å². The van der Waals surface area contributed by atoms with Gasteiger partial charge in [-0.3, -0.25) is 4.79 Å². The Labute approximate surface area is 213 Å². The molecular weight excluding hydrogens is 490 g/mol. The third-order valence-corrected chi connectivity index (χ3v) is 11.5. The summed E-state index contributed by atoms with van der Waals surface area (Å²) in [5.41, 5.74) is 1.09. The molecule has 0 heterocycles. The van der Waals surface area contributed by atoms with Crippen molar-refractivity contribution in [1.29, 1.82) is 0 Å². The smallest absolute Gasteiger partial charge is 0.336 e. The maximum Gasteiger partial charge on any atom is 0.336 e. The Morgan fingerprint density at radius 3 is 2.29 bits per heavy atom. The standard InChI is InChI=1S/C24H39NO8SSi/c1-15-18(31-5)12-19(33-35(7,8)24(2,3)4)16(21(15)22(28)29)13-34-14-17(23(30)32-6)25-20(27)10-9-11-26/h12,17,26H,9-11,13-14H2,1-8H3,(H,25,27)(H,28,29). The molecule has 9 nitrogen and oxygen atoms in total. The number of carbonyl (C=O) groups is 3. The van der Waals surface area contributed by atoms with E-state index in [0.29, 0.717) is 22.6 Å². The van der Waals surface area contributed by atoms with E-state index in [4.69, 9.17) is 19.0 Å². The molecule has 3 N–H and O–H groups in total. The van der Waals surface area contributed by atoms with Crippen molar-refractivity contribution in [3.8, 4) is 11.5 Å². The fourth-order valence-corrected chi connectivity index (χ4v) is 5.15. The Hall–Kier alpha value is -2.24. The van der Waals surface area contributed by atoms with Crippen molar-refractivity contribution >= 4 is 37.9 Å². The highest BCUT2D eigenvalue weighted by atomic mass is 32.2. The van der Waals surface area contributed by atoms with E-state index >= 15 is 0 Å². The zero-order valence-electron chi connectivity index (χ0n) is 21.9. The number of methoxy groups -OCH3 is 2. The molecular formula is C24H39NO8SSi. The van der Waals surface area contributed by atoms with Gasteiger partial charge in [0.05, 0.1) is 19.8 Å². The summed E-state index contributed by atoms with van der Waals surface area (Å²) in [6, 6.07) is 0.820. The molecule has 0 aliphatic heterocycles. The fraction of sp³-hybridized carbons (Fsp3) is 0.625. The number of carboxylic acids is 1. The van der Waals surface area contributed by atoms with Gasteiger partial charge in [-0.25, -0.2) is 9.59 Å². The number of benzene rings is 1. The highest BCUT2D eigenvalue weighted by Gasteiger charge is 2.40. The van der Waals surface area contributed by atoms with Crippen molar-refractivity contribution in [2.24, 2.45) is 0 Å². The Kier molecular flexibility index (Phi) is 11.6. The van der Waals surface area contributed by atoms with E-state index in [0.717, 1.165) is 0 Å². The zero-order valence-corrected chi connectivity index (χ0v) is 23.8. The molecule has 1 unspecified atom stereocenters. The quantitative estimate of drug-likeness (QED) is 0.258. The van der Waals surface area contributed by atoms with Crippen LogP contribution in [0.5, 0.6) is 11.5 Å². The summed E-state index contributed by atoms with van der Waals surface area (Å²) < 4.78 is 16.8. The van der Waals surface area contributed by atoms with Crippen LogP contribution in [0.3, 0.4) is 0 Å².